The zero-order valence-electron chi connectivity index (χ0n) is 10.3. The molecule has 1 atom stereocenters. The normalized spacial score (nSPS) is 20.5. The predicted octanol–water partition coefficient (Wildman–Crippen LogP) is 4.17. The van der Waals surface area contributed by atoms with Crippen molar-refractivity contribution in [3.05, 3.63) is 34.3 Å². The molecule has 0 heterocycles. The van der Waals surface area contributed by atoms with Gasteiger partial charge in [-0.15, -0.1) is 0 Å². The van der Waals surface area contributed by atoms with Gasteiger partial charge in [0.25, 0.3) is 0 Å². The summed E-state index contributed by atoms with van der Waals surface area (Å²) >= 11 is 3.35. The fourth-order valence-electron chi connectivity index (χ4n) is 2.43. The quantitative estimate of drug-likeness (QED) is 0.620. The van der Waals surface area contributed by atoms with E-state index in [9.17, 15) is 9.59 Å². The van der Waals surface area contributed by atoms with Crippen LogP contribution in [0.15, 0.2) is 28.7 Å². The molecule has 1 aromatic carbocycles. The van der Waals surface area contributed by atoms with Crippen LogP contribution in [0.2, 0.25) is 0 Å². The molecule has 18 heavy (non-hydrogen) atoms. The minimum Gasteiger partial charge on any atom is -0.299 e. The zero-order chi connectivity index (χ0) is 13.0. The first-order chi connectivity index (χ1) is 8.66. The van der Waals surface area contributed by atoms with Gasteiger partial charge in [-0.25, -0.2) is 0 Å². The number of carbonyl (C=O) groups is 2. The second-order valence-corrected chi connectivity index (χ2v) is 5.81. The van der Waals surface area contributed by atoms with Crippen LogP contribution in [-0.2, 0) is 4.79 Å². The number of carbonyl (C=O) groups excluding carboxylic acids is 2. The molecule has 0 radical (unpaired) electrons. The Kier molecular flexibility index (Phi) is 4.70. The van der Waals surface area contributed by atoms with Gasteiger partial charge in [0.15, 0.2) is 5.78 Å². The van der Waals surface area contributed by atoms with Crippen molar-refractivity contribution in [2.24, 2.45) is 5.92 Å². The van der Waals surface area contributed by atoms with E-state index in [4.69, 9.17) is 0 Å². The van der Waals surface area contributed by atoms with Crippen molar-refractivity contribution in [3.63, 3.8) is 0 Å². The first-order valence-electron chi connectivity index (χ1n) is 6.48. The van der Waals surface area contributed by atoms with Gasteiger partial charge in [-0.2, -0.15) is 0 Å². The van der Waals surface area contributed by atoms with Crippen molar-refractivity contribution in [3.8, 4) is 0 Å². The molecule has 0 aromatic heterocycles. The summed E-state index contributed by atoms with van der Waals surface area (Å²) in [6.07, 6.45) is 5.08. The fourth-order valence-corrected chi connectivity index (χ4v) is 2.69. The molecular formula is C15H17BrO2. The Hall–Kier alpha value is -0.960. The van der Waals surface area contributed by atoms with Crippen LogP contribution in [0, 0.1) is 5.92 Å². The molecule has 0 saturated heterocycles. The molecule has 0 N–H and O–H groups in total. The van der Waals surface area contributed by atoms with Crippen molar-refractivity contribution < 1.29 is 9.59 Å². The monoisotopic (exact) mass is 308 g/mol. The lowest BCUT2D eigenvalue weighted by atomic mass is 9.91. The number of benzene rings is 1. The highest BCUT2D eigenvalue weighted by molar-refractivity contribution is 9.10. The van der Waals surface area contributed by atoms with Crippen molar-refractivity contribution in [1.29, 1.82) is 0 Å². The third kappa shape index (κ3) is 3.52. The Labute approximate surface area is 116 Å². The van der Waals surface area contributed by atoms with E-state index in [1.807, 2.05) is 24.3 Å². The van der Waals surface area contributed by atoms with Crippen molar-refractivity contribution in [2.45, 2.75) is 38.5 Å². The molecule has 1 saturated carbocycles. The molecule has 0 aliphatic heterocycles. The Morgan fingerprint density at radius 1 is 1.17 bits per heavy atom. The summed E-state index contributed by atoms with van der Waals surface area (Å²) in [6.45, 7) is 0. The van der Waals surface area contributed by atoms with E-state index in [0.29, 0.717) is 18.4 Å². The summed E-state index contributed by atoms with van der Waals surface area (Å²) in [7, 11) is 0. The average molecular weight is 309 g/mol. The van der Waals surface area contributed by atoms with Gasteiger partial charge < -0.3 is 0 Å². The number of ketones is 2. The summed E-state index contributed by atoms with van der Waals surface area (Å²) in [6, 6.07) is 7.35. The van der Waals surface area contributed by atoms with E-state index in [-0.39, 0.29) is 17.5 Å². The van der Waals surface area contributed by atoms with Gasteiger partial charge in [0.2, 0.25) is 0 Å². The molecule has 1 aliphatic rings. The van der Waals surface area contributed by atoms with Gasteiger partial charge in [0.1, 0.15) is 5.78 Å². The topological polar surface area (TPSA) is 34.1 Å². The number of Topliss-reactive ketones (excluding diaryl/α,β-unsaturated/α-hetero) is 2. The summed E-state index contributed by atoms with van der Waals surface area (Å²) in [4.78, 5) is 24.0. The minimum atomic E-state index is -0.0522. The molecule has 3 heteroatoms. The Balaban J connectivity index is 2.01. The number of halogens is 1. The van der Waals surface area contributed by atoms with Gasteiger partial charge in [-0.05, 0) is 25.0 Å². The largest absolute Gasteiger partial charge is 0.299 e. The second-order valence-electron chi connectivity index (χ2n) is 4.90. The molecule has 96 valence electrons. The number of hydrogen-bond donors (Lipinski definition) is 0. The van der Waals surface area contributed by atoms with E-state index >= 15 is 0 Å². The van der Waals surface area contributed by atoms with Crippen LogP contribution in [0.5, 0.6) is 0 Å². The second kappa shape index (κ2) is 6.28. The van der Waals surface area contributed by atoms with Crippen molar-refractivity contribution >= 4 is 27.5 Å². The van der Waals surface area contributed by atoms with Gasteiger partial charge in [-0.3, -0.25) is 9.59 Å². The molecule has 0 amide bonds. The first-order valence-corrected chi connectivity index (χ1v) is 7.27. The van der Waals surface area contributed by atoms with Crippen LogP contribution in [0.4, 0.5) is 0 Å². The summed E-state index contributed by atoms with van der Waals surface area (Å²) in [5.74, 6) is 0.310. The third-order valence-electron chi connectivity index (χ3n) is 3.53. The van der Waals surface area contributed by atoms with Crippen LogP contribution < -0.4 is 0 Å². The molecule has 2 rings (SSSR count). The fraction of sp³-hybridized carbons (Fsp3) is 0.467. The van der Waals surface area contributed by atoms with E-state index < -0.39 is 0 Å². The van der Waals surface area contributed by atoms with Crippen molar-refractivity contribution in [1.82, 2.24) is 0 Å². The molecule has 1 aliphatic carbocycles. The number of rotatable bonds is 3. The maximum absolute atomic E-state index is 12.1. The summed E-state index contributed by atoms with van der Waals surface area (Å²) < 4.78 is 0.963. The van der Waals surface area contributed by atoms with E-state index in [1.165, 1.54) is 0 Å². The van der Waals surface area contributed by atoms with E-state index in [2.05, 4.69) is 15.9 Å². The third-order valence-corrected chi connectivity index (χ3v) is 4.06. The van der Waals surface area contributed by atoms with Crippen molar-refractivity contribution in [2.75, 3.05) is 0 Å². The van der Waals surface area contributed by atoms with Crippen LogP contribution >= 0.6 is 15.9 Å². The molecule has 0 spiro atoms. The maximum Gasteiger partial charge on any atom is 0.163 e. The van der Waals surface area contributed by atoms with Gasteiger partial charge >= 0.3 is 0 Å². The van der Waals surface area contributed by atoms with Crippen LogP contribution in [-0.4, -0.2) is 11.6 Å². The molecule has 1 aromatic rings. The molecule has 1 fully saturated rings. The highest BCUT2D eigenvalue weighted by Crippen LogP contribution is 2.24. The highest BCUT2D eigenvalue weighted by Gasteiger charge is 2.23. The Morgan fingerprint density at radius 3 is 2.61 bits per heavy atom. The van der Waals surface area contributed by atoms with E-state index in [0.717, 1.165) is 30.2 Å². The van der Waals surface area contributed by atoms with E-state index in [1.54, 1.807) is 0 Å². The summed E-state index contributed by atoms with van der Waals surface area (Å²) in [5, 5.41) is 0. The molecular weight excluding hydrogens is 292 g/mol. The lowest BCUT2D eigenvalue weighted by Gasteiger charge is -2.11. The summed E-state index contributed by atoms with van der Waals surface area (Å²) in [5.41, 5.74) is 0.704. The standard InChI is InChI=1S/C15H17BrO2/c16-13-8-6-11(7-9-13)15(18)10-12-4-2-1-3-5-14(12)17/h6-9,12H,1-5,10H2. The predicted molar refractivity (Wildman–Crippen MR) is 74.7 cm³/mol. The maximum atomic E-state index is 12.1. The lowest BCUT2D eigenvalue weighted by molar-refractivity contribution is -0.122. The Bertz CT molecular complexity index is 436. The lowest BCUT2D eigenvalue weighted by Crippen LogP contribution is -2.17. The van der Waals surface area contributed by atoms with Crippen LogP contribution in [0.25, 0.3) is 0 Å². The highest BCUT2D eigenvalue weighted by atomic mass is 79.9. The smallest absolute Gasteiger partial charge is 0.163 e. The first kappa shape index (κ1) is 13.5. The van der Waals surface area contributed by atoms with Gasteiger partial charge in [0, 0.05) is 28.8 Å². The zero-order valence-corrected chi connectivity index (χ0v) is 11.9. The van der Waals surface area contributed by atoms with Crippen LogP contribution in [0.3, 0.4) is 0 Å². The van der Waals surface area contributed by atoms with Crippen LogP contribution in [0.1, 0.15) is 48.9 Å². The molecule has 1 unspecified atom stereocenters. The number of hydrogen-bond acceptors (Lipinski definition) is 2. The SMILES string of the molecule is O=C(CC1CCCCCC1=O)c1ccc(Br)cc1. The van der Waals surface area contributed by atoms with Gasteiger partial charge in [-0.1, -0.05) is 40.9 Å². The molecule has 2 nitrogen and oxygen atoms in total. The average Bonchev–Trinajstić information content (AvgIpc) is 2.56. The van der Waals surface area contributed by atoms with Gasteiger partial charge in [0.05, 0.1) is 0 Å². The minimum absolute atomic E-state index is 0.0522. The molecule has 0 bridgehead atoms. The Morgan fingerprint density at radius 2 is 1.89 bits per heavy atom.